The van der Waals surface area contributed by atoms with Gasteiger partial charge in [0.05, 0.1) is 11.4 Å². The molecule has 0 saturated heterocycles. The van der Waals surface area contributed by atoms with Crippen molar-refractivity contribution >= 4 is 46.8 Å². The van der Waals surface area contributed by atoms with E-state index < -0.39 is 19.7 Å². The van der Waals surface area contributed by atoms with Crippen LogP contribution < -0.4 is 20.5 Å². The zero-order chi connectivity index (χ0) is 28.8. The minimum Gasteiger partial charge on any atom is -0.305 e. The minimum absolute atomic E-state index is 0.287. The summed E-state index contributed by atoms with van der Waals surface area (Å²) in [4.78, 5) is 1.62. The standard InChI is InChI=1S/C38H29F2NSi/c39-35-20-10-12-22-37(35)41(38-23-13-11-21-36(38)40)31-26-24-30(25-27-31)28-29-42(32-14-4-1-5-15-32,33-16-6-2-7-17-33)34-18-8-3-9-19-34/h1-29H. The lowest BCUT2D eigenvalue weighted by atomic mass is 10.1. The maximum absolute atomic E-state index is 15.0. The number of rotatable bonds is 8. The van der Waals surface area contributed by atoms with Gasteiger partial charge in [0.2, 0.25) is 0 Å². The van der Waals surface area contributed by atoms with E-state index in [1.54, 1.807) is 41.3 Å². The van der Waals surface area contributed by atoms with Gasteiger partial charge in [0, 0.05) is 5.69 Å². The molecule has 1 nitrogen and oxygen atoms in total. The fourth-order valence-corrected chi connectivity index (χ4v) is 9.70. The van der Waals surface area contributed by atoms with Crippen LogP contribution in [-0.2, 0) is 0 Å². The molecule has 204 valence electrons. The lowest BCUT2D eigenvalue weighted by Crippen LogP contribution is -2.66. The topological polar surface area (TPSA) is 3.24 Å². The van der Waals surface area contributed by atoms with E-state index in [4.69, 9.17) is 0 Å². The highest BCUT2D eigenvalue weighted by Gasteiger charge is 2.36. The molecule has 0 aliphatic heterocycles. The number of para-hydroxylation sites is 2. The molecule has 0 N–H and O–H groups in total. The fourth-order valence-electron chi connectivity index (χ4n) is 5.52. The maximum atomic E-state index is 15.0. The number of hydrogen-bond donors (Lipinski definition) is 0. The van der Waals surface area contributed by atoms with E-state index in [1.165, 1.54) is 27.7 Å². The van der Waals surface area contributed by atoms with Crippen molar-refractivity contribution in [2.45, 2.75) is 0 Å². The first-order valence-electron chi connectivity index (χ1n) is 13.9. The normalized spacial score (nSPS) is 11.5. The van der Waals surface area contributed by atoms with Crippen molar-refractivity contribution in [2.24, 2.45) is 0 Å². The van der Waals surface area contributed by atoms with Crippen LogP contribution in [0.25, 0.3) is 6.08 Å². The van der Waals surface area contributed by atoms with Gasteiger partial charge in [-0.25, -0.2) is 8.78 Å². The molecule has 42 heavy (non-hydrogen) atoms. The Bertz CT molecular complexity index is 1640. The molecular formula is C38H29F2NSi. The van der Waals surface area contributed by atoms with Gasteiger partial charge >= 0.3 is 0 Å². The largest absolute Gasteiger partial charge is 0.305 e. The van der Waals surface area contributed by atoms with Crippen LogP contribution in [0.5, 0.6) is 0 Å². The molecule has 0 atom stereocenters. The third kappa shape index (κ3) is 5.32. The molecule has 6 aromatic carbocycles. The smallest absolute Gasteiger partial charge is 0.172 e. The molecule has 0 aliphatic carbocycles. The second-order valence-corrected chi connectivity index (χ2v) is 13.8. The third-order valence-electron chi connectivity index (χ3n) is 7.55. The van der Waals surface area contributed by atoms with E-state index in [9.17, 15) is 8.78 Å². The Balaban J connectivity index is 1.45. The van der Waals surface area contributed by atoms with Crippen molar-refractivity contribution in [1.82, 2.24) is 0 Å². The van der Waals surface area contributed by atoms with Crippen LogP contribution in [0.1, 0.15) is 5.56 Å². The van der Waals surface area contributed by atoms with Gasteiger partial charge in [0.25, 0.3) is 0 Å². The molecule has 0 aromatic heterocycles. The molecule has 0 fully saturated rings. The Morgan fingerprint density at radius 1 is 0.429 bits per heavy atom. The van der Waals surface area contributed by atoms with E-state index >= 15 is 0 Å². The first-order valence-corrected chi connectivity index (χ1v) is 16.0. The average Bonchev–Trinajstić information content (AvgIpc) is 3.05. The first kappa shape index (κ1) is 27.1. The Morgan fingerprint density at radius 3 is 1.21 bits per heavy atom. The maximum Gasteiger partial charge on any atom is 0.172 e. The zero-order valence-corrected chi connectivity index (χ0v) is 23.9. The van der Waals surface area contributed by atoms with Gasteiger partial charge in [-0.05, 0) is 57.5 Å². The molecule has 0 unspecified atom stereocenters. The summed E-state index contributed by atoms with van der Waals surface area (Å²) in [5.74, 6) is -0.844. The predicted molar refractivity (Wildman–Crippen MR) is 174 cm³/mol. The average molecular weight is 566 g/mol. The summed E-state index contributed by atoms with van der Waals surface area (Å²) >= 11 is 0. The van der Waals surface area contributed by atoms with Gasteiger partial charge in [-0.2, -0.15) is 0 Å². The highest BCUT2D eigenvalue weighted by molar-refractivity contribution is 7.15. The lowest BCUT2D eigenvalue weighted by Gasteiger charge is -2.30. The van der Waals surface area contributed by atoms with Crippen molar-refractivity contribution in [2.75, 3.05) is 4.90 Å². The summed E-state index contributed by atoms with van der Waals surface area (Å²) in [6.45, 7) is 0. The van der Waals surface area contributed by atoms with Crippen LogP contribution in [0, 0.1) is 11.6 Å². The molecule has 6 rings (SSSR count). The van der Waals surface area contributed by atoms with Gasteiger partial charge < -0.3 is 4.90 Å². The molecule has 0 radical (unpaired) electrons. The van der Waals surface area contributed by atoms with Crippen molar-refractivity contribution in [3.8, 4) is 0 Å². The molecule has 0 bridgehead atoms. The van der Waals surface area contributed by atoms with Crippen LogP contribution >= 0.6 is 0 Å². The number of anilines is 3. The number of halogens is 2. The summed E-state index contributed by atoms with van der Waals surface area (Å²) in [7, 11) is -2.55. The van der Waals surface area contributed by atoms with Gasteiger partial charge in [0.1, 0.15) is 11.6 Å². The van der Waals surface area contributed by atoms with E-state index in [0.717, 1.165) is 5.56 Å². The predicted octanol–water partition coefficient (Wildman–Crippen LogP) is 8.16. The summed E-state index contributed by atoms with van der Waals surface area (Å²) in [6, 6.07) is 52.8. The lowest BCUT2D eigenvalue weighted by molar-refractivity contribution is 0.619. The highest BCUT2D eigenvalue weighted by atomic mass is 28.3. The van der Waals surface area contributed by atoms with Crippen LogP contribution in [0.3, 0.4) is 0 Å². The summed E-state index contributed by atoms with van der Waals surface area (Å²) in [6.07, 6.45) is 2.18. The third-order valence-corrected chi connectivity index (χ3v) is 11.9. The fraction of sp³-hybridized carbons (Fsp3) is 0. The number of hydrogen-bond acceptors (Lipinski definition) is 1. The highest BCUT2D eigenvalue weighted by Crippen LogP contribution is 2.37. The Hall–Kier alpha value is -5.06. The second kappa shape index (κ2) is 12.2. The van der Waals surface area contributed by atoms with Gasteiger partial charge in [0.15, 0.2) is 8.07 Å². The van der Waals surface area contributed by atoms with Gasteiger partial charge in [-0.3, -0.25) is 0 Å². The molecule has 6 aromatic rings. The minimum atomic E-state index is -2.55. The second-order valence-electron chi connectivity index (χ2n) is 10.1. The van der Waals surface area contributed by atoms with Gasteiger partial charge in [-0.15, -0.1) is 0 Å². The van der Waals surface area contributed by atoms with Crippen LogP contribution in [-0.4, -0.2) is 8.07 Å². The molecule has 0 spiro atoms. The quantitative estimate of drug-likeness (QED) is 0.133. The van der Waals surface area contributed by atoms with E-state index in [-0.39, 0.29) is 11.4 Å². The molecule has 0 aliphatic rings. The van der Waals surface area contributed by atoms with Crippen molar-refractivity contribution in [3.05, 3.63) is 187 Å². The zero-order valence-electron chi connectivity index (χ0n) is 22.9. The number of nitrogens with zero attached hydrogens (tertiary/aromatic N) is 1. The molecular weight excluding hydrogens is 537 g/mol. The monoisotopic (exact) mass is 565 g/mol. The number of benzene rings is 6. The molecule has 0 saturated carbocycles. The Labute approximate surface area is 246 Å². The van der Waals surface area contributed by atoms with Crippen molar-refractivity contribution < 1.29 is 8.78 Å². The SMILES string of the molecule is Fc1ccccc1N(c1ccc(C=C[Si](c2ccccc2)(c2ccccc2)c2ccccc2)cc1)c1ccccc1F. The van der Waals surface area contributed by atoms with Crippen LogP contribution in [0.2, 0.25) is 0 Å². The Kier molecular flexibility index (Phi) is 7.89. The summed E-state index contributed by atoms with van der Waals surface area (Å²) in [5, 5.41) is 3.88. The van der Waals surface area contributed by atoms with Crippen molar-refractivity contribution in [1.29, 1.82) is 0 Å². The van der Waals surface area contributed by atoms with E-state index in [2.05, 4.69) is 103 Å². The molecule has 4 heteroatoms. The van der Waals surface area contributed by atoms with Crippen LogP contribution in [0.4, 0.5) is 25.8 Å². The first-order chi connectivity index (χ1) is 20.7. The summed E-state index contributed by atoms with van der Waals surface area (Å²) in [5.41, 5.74) is 4.62. The molecule has 0 amide bonds. The molecule has 0 heterocycles. The Morgan fingerprint density at radius 2 is 0.810 bits per heavy atom. The van der Waals surface area contributed by atoms with Gasteiger partial charge in [-0.1, -0.05) is 139 Å². The van der Waals surface area contributed by atoms with Crippen LogP contribution in [0.15, 0.2) is 169 Å². The summed E-state index contributed by atoms with van der Waals surface area (Å²) < 4.78 is 30.0. The van der Waals surface area contributed by atoms with E-state index in [0.29, 0.717) is 5.69 Å². The van der Waals surface area contributed by atoms with Crippen molar-refractivity contribution in [3.63, 3.8) is 0 Å². The van der Waals surface area contributed by atoms with E-state index in [1.807, 2.05) is 24.3 Å².